The fraction of sp³-hybridized carbons (Fsp3) is 0.364. The van der Waals surface area contributed by atoms with Crippen molar-refractivity contribution in [1.82, 2.24) is 0 Å². The van der Waals surface area contributed by atoms with Crippen molar-refractivity contribution in [3.63, 3.8) is 0 Å². The van der Waals surface area contributed by atoms with Crippen molar-refractivity contribution in [2.24, 2.45) is 5.73 Å². The Labute approximate surface area is 102 Å². The molecule has 1 amide bonds. The number of halogens is 1. The van der Waals surface area contributed by atoms with Gasteiger partial charge >= 0.3 is 0 Å². The minimum absolute atomic E-state index is 0.252. The van der Waals surface area contributed by atoms with Gasteiger partial charge in [0.25, 0.3) is 0 Å². The first kappa shape index (κ1) is 13.2. The van der Waals surface area contributed by atoms with Crippen molar-refractivity contribution in [2.75, 3.05) is 0 Å². The van der Waals surface area contributed by atoms with Crippen LogP contribution in [-0.4, -0.2) is 22.2 Å². The van der Waals surface area contributed by atoms with E-state index in [2.05, 4.69) is 15.9 Å². The molecule has 2 atom stereocenters. The molecule has 0 radical (unpaired) electrons. The Kier molecular flexibility index (Phi) is 4.92. The number of hydrogen-bond acceptors (Lipinski definition) is 3. The van der Waals surface area contributed by atoms with Crippen molar-refractivity contribution in [1.29, 1.82) is 0 Å². The summed E-state index contributed by atoms with van der Waals surface area (Å²) in [5.41, 5.74) is 6.44. The summed E-state index contributed by atoms with van der Waals surface area (Å²) in [6, 6.07) is 7.16. The number of rotatable bonds is 5. The average molecular weight is 288 g/mol. The highest BCUT2D eigenvalue weighted by Crippen LogP contribution is 2.24. The smallest absolute Gasteiger partial charge is 0.220 e. The zero-order valence-electron chi connectivity index (χ0n) is 8.64. The largest absolute Gasteiger partial charge is 0.390 e. The van der Waals surface area contributed by atoms with E-state index >= 15 is 0 Å². The quantitative estimate of drug-likeness (QED) is 0.702. The molecule has 0 heterocycles. The van der Waals surface area contributed by atoms with Crippen molar-refractivity contribution in [2.45, 2.75) is 24.0 Å². The summed E-state index contributed by atoms with van der Waals surface area (Å²) in [5.74, 6) is -0.636. The van der Waals surface area contributed by atoms with Gasteiger partial charge in [-0.2, -0.15) is 0 Å². The second kappa shape index (κ2) is 5.98. The van der Waals surface area contributed by atoms with Crippen LogP contribution in [0.2, 0.25) is 0 Å². The van der Waals surface area contributed by atoms with E-state index in [1.807, 2.05) is 12.1 Å². The van der Waals surface area contributed by atoms with Gasteiger partial charge < -0.3 is 15.9 Å². The lowest BCUT2D eigenvalue weighted by molar-refractivity contribution is -0.121. The Bertz CT molecular complexity index is 370. The lowest BCUT2D eigenvalue weighted by Gasteiger charge is -2.19. The number of primary amides is 1. The van der Waals surface area contributed by atoms with Gasteiger partial charge in [0.05, 0.1) is 12.5 Å². The van der Waals surface area contributed by atoms with Crippen molar-refractivity contribution < 1.29 is 15.0 Å². The minimum Gasteiger partial charge on any atom is -0.390 e. The monoisotopic (exact) mass is 287 g/mol. The fourth-order valence-corrected chi connectivity index (χ4v) is 1.98. The summed E-state index contributed by atoms with van der Waals surface area (Å²) < 4.78 is 0. The molecule has 88 valence electrons. The van der Waals surface area contributed by atoms with Crippen LogP contribution in [0.5, 0.6) is 0 Å². The molecular formula is C11H14BrNO3. The maximum atomic E-state index is 10.6. The van der Waals surface area contributed by atoms with Crippen LogP contribution < -0.4 is 5.73 Å². The van der Waals surface area contributed by atoms with E-state index in [1.54, 1.807) is 12.1 Å². The van der Waals surface area contributed by atoms with E-state index in [0.717, 1.165) is 5.56 Å². The van der Waals surface area contributed by atoms with Gasteiger partial charge in [0.2, 0.25) is 5.91 Å². The predicted octanol–water partition coefficient (Wildman–Crippen LogP) is 0.851. The normalized spacial score (nSPS) is 14.4. The Morgan fingerprint density at radius 2 is 2.00 bits per heavy atom. The van der Waals surface area contributed by atoms with Crippen LogP contribution >= 0.6 is 15.9 Å². The number of aliphatic hydroxyl groups is 2. The van der Waals surface area contributed by atoms with E-state index in [-0.39, 0.29) is 6.42 Å². The number of carbonyl (C=O) groups is 1. The molecule has 16 heavy (non-hydrogen) atoms. The van der Waals surface area contributed by atoms with Crippen LogP contribution in [-0.2, 0) is 10.1 Å². The summed E-state index contributed by atoms with van der Waals surface area (Å²) in [6.07, 6.45) is -2.52. The van der Waals surface area contributed by atoms with Gasteiger partial charge in [-0.3, -0.25) is 4.79 Å². The topological polar surface area (TPSA) is 83.6 Å². The molecule has 1 rings (SSSR count). The number of carbonyl (C=O) groups excluding carboxylic acids is 1. The maximum absolute atomic E-state index is 10.6. The third kappa shape index (κ3) is 3.30. The van der Waals surface area contributed by atoms with Gasteiger partial charge in [-0.1, -0.05) is 40.2 Å². The third-order valence-electron chi connectivity index (χ3n) is 2.29. The van der Waals surface area contributed by atoms with Crippen LogP contribution in [0.4, 0.5) is 0 Å². The second-order valence-electron chi connectivity index (χ2n) is 3.52. The zero-order chi connectivity index (χ0) is 12.1. The molecule has 0 fully saturated rings. The number of hydrogen-bond donors (Lipinski definition) is 3. The molecule has 2 unspecified atom stereocenters. The van der Waals surface area contributed by atoms with Gasteiger partial charge in [-0.15, -0.1) is 0 Å². The lowest BCUT2D eigenvalue weighted by atomic mass is 9.98. The molecule has 0 aliphatic rings. The molecule has 0 saturated heterocycles. The summed E-state index contributed by atoms with van der Waals surface area (Å²) in [6.45, 7) is 0. The number of nitrogens with two attached hydrogens (primary N) is 1. The highest BCUT2D eigenvalue weighted by atomic mass is 79.9. The van der Waals surface area contributed by atoms with Gasteiger partial charge in [0, 0.05) is 5.33 Å². The summed E-state index contributed by atoms with van der Waals surface area (Å²) in [7, 11) is 0. The zero-order valence-corrected chi connectivity index (χ0v) is 10.2. The van der Waals surface area contributed by atoms with Crippen LogP contribution in [0, 0.1) is 0 Å². The van der Waals surface area contributed by atoms with E-state index in [1.165, 1.54) is 0 Å². The van der Waals surface area contributed by atoms with E-state index in [4.69, 9.17) is 5.73 Å². The highest BCUT2D eigenvalue weighted by Gasteiger charge is 2.21. The number of amides is 1. The van der Waals surface area contributed by atoms with E-state index < -0.39 is 18.1 Å². The fourth-order valence-electron chi connectivity index (χ4n) is 1.47. The molecule has 4 nitrogen and oxygen atoms in total. The standard InChI is InChI=1S/C11H14BrNO3/c12-6-7-3-1-2-4-8(7)11(16)9(14)5-10(13)15/h1-4,9,11,14,16H,5-6H2,(H2,13,15). The molecule has 1 aromatic rings. The van der Waals surface area contributed by atoms with Crippen LogP contribution in [0.1, 0.15) is 23.7 Å². The molecule has 5 heteroatoms. The second-order valence-corrected chi connectivity index (χ2v) is 4.08. The van der Waals surface area contributed by atoms with Crippen molar-refractivity contribution in [3.05, 3.63) is 35.4 Å². The first-order valence-electron chi connectivity index (χ1n) is 4.84. The van der Waals surface area contributed by atoms with E-state index in [0.29, 0.717) is 10.9 Å². The number of aliphatic hydroxyl groups excluding tert-OH is 2. The van der Waals surface area contributed by atoms with Gasteiger partial charge in [-0.25, -0.2) is 0 Å². The van der Waals surface area contributed by atoms with Gasteiger partial charge in [0.15, 0.2) is 0 Å². The Morgan fingerprint density at radius 3 is 2.56 bits per heavy atom. The minimum atomic E-state index is -1.17. The van der Waals surface area contributed by atoms with Crippen molar-refractivity contribution >= 4 is 21.8 Å². The average Bonchev–Trinajstić information content (AvgIpc) is 2.27. The van der Waals surface area contributed by atoms with E-state index in [9.17, 15) is 15.0 Å². The Balaban J connectivity index is 2.86. The summed E-state index contributed by atoms with van der Waals surface area (Å²) in [5, 5.41) is 20.0. The Hall–Kier alpha value is -0.910. The first-order chi connectivity index (χ1) is 7.56. The molecule has 0 aliphatic carbocycles. The highest BCUT2D eigenvalue weighted by molar-refractivity contribution is 9.08. The van der Waals surface area contributed by atoms with Crippen LogP contribution in [0.25, 0.3) is 0 Å². The molecule has 0 saturated carbocycles. The van der Waals surface area contributed by atoms with Crippen LogP contribution in [0.3, 0.4) is 0 Å². The molecule has 4 N–H and O–H groups in total. The SMILES string of the molecule is NC(=O)CC(O)C(O)c1ccccc1CBr. The number of benzene rings is 1. The Morgan fingerprint density at radius 1 is 1.38 bits per heavy atom. The number of alkyl halides is 1. The summed E-state index contributed by atoms with van der Waals surface area (Å²) in [4.78, 5) is 10.6. The maximum Gasteiger partial charge on any atom is 0.220 e. The van der Waals surface area contributed by atoms with Crippen LogP contribution in [0.15, 0.2) is 24.3 Å². The molecular weight excluding hydrogens is 274 g/mol. The lowest BCUT2D eigenvalue weighted by Crippen LogP contribution is -2.26. The predicted molar refractivity (Wildman–Crippen MR) is 63.9 cm³/mol. The molecule has 0 bridgehead atoms. The molecule has 0 aromatic heterocycles. The molecule has 1 aromatic carbocycles. The summed E-state index contributed by atoms with van der Waals surface area (Å²) >= 11 is 3.29. The van der Waals surface area contributed by atoms with Gasteiger partial charge in [0.1, 0.15) is 6.10 Å². The molecule has 0 aliphatic heterocycles. The molecule has 0 spiro atoms. The third-order valence-corrected chi connectivity index (χ3v) is 2.90. The first-order valence-corrected chi connectivity index (χ1v) is 5.96. The van der Waals surface area contributed by atoms with Crippen molar-refractivity contribution in [3.8, 4) is 0 Å². The van der Waals surface area contributed by atoms with Gasteiger partial charge in [-0.05, 0) is 11.1 Å².